The van der Waals surface area contributed by atoms with E-state index in [4.69, 9.17) is 9.83 Å². The van der Waals surface area contributed by atoms with Crippen molar-refractivity contribution in [2.75, 3.05) is 0 Å². The van der Waals surface area contributed by atoms with Crippen molar-refractivity contribution < 1.29 is 9.21 Å². The topological polar surface area (TPSA) is 69.7 Å². The summed E-state index contributed by atoms with van der Waals surface area (Å²) < 4.78 is 5.49. The maximum absolute atomic E-state index is 12.3. The molecule has 4 rings (SSSR count). The van der Waals surface area contributed by atoms with E-state index in [2.05, 4.69) is 4.99 Å². The van der Waals surface area contributed by atoms with Crippen LogP contribution in [-0.4, -0.2) is 21.8 Å². The quantitative estimate of drug-likeness (QED) is 0.845. The monoisotopic (exact) mass is 335 g/mol. The van der Waals surface area contributed by atoms with Gasteiger partial charge in [-0.05, 0) is 30.7 Å². The second-order valence-electron chi connectivity index (χ2n) is 5.38. The zero-order valence-corrected chi connectivity index (χ0v) is 13.6. The number of carbonyl (C=O) groups is 1. The number of hydrogen-bond acceptors (Lipinski definition) is 4. The first-order chi connectivity index (χ1) is 11.6. The number of nitrogens with one attached hydrogen (secondary N) is 1. The summed E-state index contributed by atoms with van der Waals surface area (Å²) in [6, 6.07) is 13.4. The van der Waals surface area contributed by atoms with Crippen LogP contribution in [0.15, 0.2) is 62.9 Å². The van der Waals surface area contributed by atoms with Gasteiger partial charge in [-0.15, -0.1) is 0 Å². The molecule has 118 valence electrons. The largest absolute Gasteiger partial charge is 0.462 e. The first kappa shape index (κ1) is 14.7. The van der Waals surface area contributed by atoms with Crippen molar-refractivity contribution in [3.05, 3.63) is 70.5 Å². The molecule has 0 spiro atoms. The number of thioether (sulfide) groups is 1. The summed E-state index contributed by atoms with van der Waals surface area (Å²) in [5.74, 6) is 0.980. The number of amidine groups is 2. The van der Waals surface area contributed by atoms with E-state index < -0.39 is 5.91 Å². The zero-order chi connectivity index (χ0) is 16.7. The van der Waals surface area contributed by atoms with E-state index in [1.165, 1.54) is 11.8 Å². The fourth-order valence-corrected chi connectivity index (χ4v) is 3.48. The molecule has 2 aromatic rings. The van der Waals surface area contributed by atoms with Crippen molar-refractivity contribution in [1.29, 1.82) is 5.41 Å². The van der Waals surface area contributed by atoms with Gasteiger partial charge in [0.15, 0.2) is 5.17 Å². The Bertz CT molecular complexity index is 938. The van der Waals surface area contributed by atoms with E-state index in [1.54, 1.807) is 17.0 Å². The Kier molecular flexibility index (Phi) is 3.46. The number of hydrogen-bond donors (Lipinski definition) is 1. The summed E-state index contributed by atoms with van der Waals surface area (Å²) in [7, 11) is 0. The van der Waals surface area contributed by atoms with Crippen molar-refractivity contribution in [1.82, 2.24) is 4.90 Å². The minimum atomic E-state index is -0.421. The Morgan fingerprint density at radius 3 is 2.71 bits per heavy atom. The number of aliphatic imine (C=N–C) groups is 1. The minimum absolute atomic E-state index is 0.110. The van der Waals surface area contributed by atoms with Crippen LogP contribution in [0.25, 0.3) is 11.8 Å². The van der Waals surface area contributed by atoms with Gasteiger partial charge in [-0.3, -0.25) is 15.1 Å². The lowest BCUT2D eigenvalue weighted by Crippen LogP contribution is -2.37. The standard InChI is InChI=1S/C18H13N3O2S/c1-11-7-8-13(23-11)9-14-16(19)21-15(12-5-3-2-4-6-12)10-24-18(21)20-17(14)22/h2-10,19H,1H3/b14-9-,19-16?. The van der Waals surface area contributed by atoms with Crippen LogP contribution in [0.1, 0.15) is 17.1 Å². The maximum atomic E-state index is 12.3. The number of rotatable bonds is 2. The summed E-state index contributed by atoms with van der Waals surface area (Å²) in [6.07, 6.45) is 1.57. The van der Waals surface area contributed by atoms with E-state index in [1.807, 2.05) is 48.7 Å². The van der Waals surface area contributed by atoms with Gasteiger partial charge in [0.1, 0.15) is 17.4 Å². The number of furan rings is 1. The second kappa shape index (κ2) is 5.65. The highest BCUT2D eigenvalue weighted by Gasteiger charge is 2.36. The molecule has 0 bridgehead atoms. The molecular weight excluding hydrogens is 322 g/mol. The van der Waals surface area contributed by atoms with Gasteiger partial charge in [0.2, 0.25) is 0 Å². The van der Waals surface area contributed by atoms with Gasteiger partial charge >= 0.3 is 0 Å². The zero-order valence-electron chi connectivity index (χ0n) is 12.8. The third-order valence-corrected chi connectivity index (χ3v) is 4.56. The number of nitrogens with zero attached hydrogens (tertiary/aromatic N) is 2. The van der Waals surface area contributed by atoms with Gasteiger partial charge in [0.05, 0.1) is 11.3 Å². The molecule has 1 N–H and O–H groups in total. The highest BCUT2D eigenvalue weighted by molar-refractivity contribution is 8.17. The van der Waals surface area contributed by atoms with Crippen LogP contribution < -0.4 is 0 Å². The van der Waals surface area contributed by atoms with Crippen molar-refractivity contribution in [3.8, 4) is 0 Å². The predicted molar refractivity (Wildman–Crippen MR) is 95.4 cm³/mol. The Labute approximate surface area is 142 Å². The summed E-state index contributed by atoms with van der Waals surface area (Å²) in [5.41, 5.74) is 2.04. The van der Waals surface area contributed by atoms with E-state index in [0.717, 1.165) is 17.0 Å². The SMILES string of the molecule is Cc1ccc(/C=C2/C(=N)N3C(c4ccccc4)=CSC3=NC2=O)o1. The third kappa shape index (κ3) is 2.41. The average Bonchev–Trinajstić information content (AvgIpc) is 3.18. The van der Waals surface area contributed by atoms with E-state index >= 15 is 0 Å². The molecule has 3 heterocycles. The fourth-order valence-electron chi connectivity index (χ4n) is 2.59. The molecule has 0 unspecified atom stereocenters. The summed E-state index contributed by atoms with van der Waals surface area (Å²) in [4.78, 5) is 18.1. The first-order valence-electron chi connectivity index (χ1n) is 7.36. The van der Waals surface area contributed by atoms with Gasteiger partial charge in [-0.2, -0.15) is 4.99 Å². The number of amides is 1. The molecule has 0 saturated heterocycles. The number of carbonyl (C=O) groups excluding carboxylic acids is 1. The van der Waals surface area contributed by atoms with Crippen LogP contribution in [0.4, 0.5) is 0 Å². The Hall–Kier alpha value is -2.86. The van der Waals surface area contributed by atoms with Crippen LogP contribution in [0, 0.1) is 12.3 Å². The van der Waals surface area contributed by atoms with Crippen molar-refractivity contribution >= 4 is 40.4 Å². The summed E-state index contributed by atoms with van der Waals surface area (Å²) in [6.45, 7) is 1.83. The molecule has 0 atom stereocenters. The predicted octanol–water partition coefficient (Wildman–Crippen LogP) is 3.89. The smallest absolute Gasteiger partial charge is 0.283 e. The van der Waals surface area contributed by atoms with Crippen LogP contribution >= 0.6 is 11.8 Å². The lowest BCUT2D eigenvalue weighted by atomic mass is 10.1. The minimum Gasteiger partial charge on any atom is -0.462 e. The van der Waals surface area contributed by atoms with Crippen molar-refractivity contribution in [2.45, 2.75) is 6.92 Å². The highest BCUT2D eigenvalue weighted by atomic mass is 32.2. The normalized spacial score (nSPS) is 18.7. The Morgan fingerprint density at radius 2 is 2.00 bits per heavy atom. The van der Waals surface area contributed by atoms with Crippen molar-refractivity contribution in [2.24, 2.45) is 4.99 Å². The van der Waals surface area contributed by atoms with Gasteiger partial charge in [-0.25, -0.2) is 0 Å². The van der Waals surface area contributed by atoms with Crippen LogP contribution in [0.3, 0.4) is 0 Å². The molecule has 5 nitrogen and oxygen atoms in total. The van der Waals surface area contributed by atoms with Crippen LogP contribution in [0.2, 0.25) is 0 Å². The van der Waals surface area contributed by atoms with Gasteiger partial charge in [0, 0.05) is 5.41 Å². The lowest BCUT2D eigenvalue weighted by molar-refractivity contribution is -0.114. The van der Waals surface area contributed by atoms with Crippen LogP contribution in [0.5, 0.6) is 0 Å². The molecule has 2 aliphatic heterocycles. The molecule has 1 aromatic carbocycles. The molecule has 24 heavy (non-hydrogen) atoms. The summed E-state index contributed by atoms with van der Waals surface area (Å²) >= 11 is 1.35. The molecule has 0 saturated carbocycles. The number of fused-ring (bicyclic) bond motifs is 1. The maximum Gasteiger partial charge on any atom is 0.283 e. The Morgan fingerprint density at radius 1 is 1.21 bits per heavy atom. The molecule has 6 heteroatoms. The molecule has 0 radical (unpaired) electrons. The van der Waals surface area contributed by atoms with E-state index in [0.29, 0.717) is 10.9 Å². The number of benzene rings is 1. The molecule has 0 fully saturated rings. The first-order valence-corrected chi connectivity index (χ1v) is 8.24. The molecular formula is C18H13N3O2S. The lowest BCUT2D eigenvalue weighted by Gasteiger charge is -2.26. The van der Waals surface area contributed by atoms with Gasteiger partial charge in [0.25, 0.3) is 5.91 Å². The molecule has 0 aliphatic carbocycles. The molecule has 1 amide bonds. The van der Waals surface area contributed by atoms with Gasteiger partial charge in [-0.1, -0.05) is 42.1 Å². The number of aryl methyl sites for hydroxylation is 1. The summed E-state index contributed by atoms with van der Waals surface area (Å²) in [5, 5.41) is 10.9. The van der Waals surface area contributed by atoms with E-state index in [-0.39, 0.29) is 11.4 Å². The third-order valence-electron chi connectivity index (χ3n) is 3.73. The van der Waals surface area contributed by atoms with Crippen LogP contribution in [-0.2, 0) is 4.79 Å². The highest BCUT2D eigenvalue weighted by Crippen LogP contribution is 2.37. The average molecular weight is 335 g/mol. The van der Waals surface area contributed by atoms with Crippen molar-refractivity contribution in [3.63, 3.8) is 0 Å². The fraction of sp³-hybridized carbons (Fsp3) is 0.0556. The van der Waals surface area contributed by atoms with E-state index in [9.17, 15) is 4.79 Å². The second-order valence-corrected chi connectivity index (χ2v) is 6.21. The Balaban J connectivity index is 1.75. The molecule has 2 aliphatic rings. The molecule has 1 aromatic heterocycles. The van der Waals surface area contributed by atoms with Gasteiger partial charge < -0.3 is 4.42 Å².